The van der Waals surface area contributed by atoms with E-state index in [9.17, 15) is 9.59 Å². The Hall–Kier alpha value is -2.13. The molecule has 1 N–H and O–H groups in total. The number of carbonyl (C=O) groups excluding carboxylic acids is 2. The zero-order valence-corrected chi connectivity index (χ0v) is 11.6. The van der Waals surface area contributed by atoms with E-state index in [0.29, 0.717) is 22.6 Å². The van der Waals surface area contributed by atoms with Crippen LogP contribution in [0.4, 0.5) is 5.69 Å². The van der Waals surface area contributed by atoms with Crippen molar-refractivity contribution in [2.24, 2.45) is 0 Å². The van der Waals surface area contributed by atoms with Crippen LogP contribution in [-0.2, 0) is 11.2 Å². The van der Waals surface area contributed by atoms with Gasteiger partial charge in [0.15, 0.2) is 5.78 Å². The number of benzene rings is 2. The third-order valence-electron chi connectivity index (χ3n) is 3.43. The van der Waals surface area contributed by atoms with E-state index in [-0.39, 0.29) is 11.7 Å². The van der Waals surface area contributed by atoms with Gasteiger partial charge < -0.3 is 5.32 Å². The number of amides is 1. The lowest BCUT2D eigenvalue weighted by Gasteiger charge is -2.07. The lowest BCUT2D eigenvalue weighted by Crippen LogP contribution is -2.04. The highest BCUT2D eigenvalue weighted by molar-refractivity contribution is 6.30. The van der Waals surface area contributed by atoms with E-state index in [1.165, 1.54) is 0 Å². The Balaban J connectivity index is 1.99. The van der Waals surface area contributed by atoms with Gasteiger partial charge in [0.05, 0.1) is 6.42 Å². The van der Waals surface area contributed by atoms with Gasteiger partial charge in [0.2, 0.25) is 5.91 Å². The fourth-order valence-electron chi connectivity index (χ4n) is 2.41. The lowest BCUT2D eigenvalue weighted by atomic mass is 9.97. The summed E-state index contributed by atoms with van der Waals surface area (Å²) in [6, 6.07) is 10.5. The van der Waals surface area contributed by atoms with Gasteiger partial charge in [-0.25, -0.2) is 0 Å². The first-order valence-electron chi connectivity index (χ1n) is 6.28. The summed E-state index contributed by atoms with van der Waals surface area (Å²) >= 11 is 5.90. The van der Waals surface area contributed by atoms with E-state index >= 15 is 0 Å². The molecule has 100 valence electrons. The van der Waals surface area contributed by atoms with Gasteiger partial charge >= 0.3 is 0 Å². The third kappa shape index (κ3) is 2.21. The molecule has 2 aromatic carbocycles. The Kier molecular flexibility index (Phi) is 3.07. The van der Waals surface area contributed by atoms with Crippen LogP contribution in [0.2, 0.25) is 5.02 Å². The van der Waals surface area contributed by atoms with E-state index in [2.05, 4.69) is 5.32 Å². The zero-order chi connectivity index (χ0) is 14.3. The van der Waals surface area contributed by atoms with E-state index in [1.54, 1.807) is 36.4 Å². The molecule has 1 heterocycles. The van der Waals surface area contributed by atoms with Gasteiger partial charge in [-0.3, -0.25) is 9.59 Å². The molecule has 4 heteroatoms. The SMILES string of the molecule is Cc1cc(Cl)ccc1C(=O)c1ccc2c(c1)CC(=O)N2. The highest BCUT2D eigenvalue weighted by Gasteiger charge is 2.20. The highest BCUT2D eigenvalue weighted by atomic mass is 35.5. The molecule has 3 nitrogen and oxygen atoms in total. The number of rotatable bonds is 2. The van der Waals surface area contributed by atoms with Crippen LogP contribution in [0, 0.1) is 6.92 Å². The number of halogens is 1. The highest BCUT2D eigenvalue weighted by Crippen LogP contribution is 2.26. The molecule has 1 aliphatic rings. The molecule has 0 radical (unpaired) electrons. The lowest BCUT2D eigenvalue weighted by molar-refractivity contribution is -0.115. The molecule has 1 amide bonds. The van der Waals surface area contributed by atoms with Gasteiger partial charge in [-0.1, -0.05) is 11.6 Å². The fourth-order valence-corrected chi connectivity index (χ4v) is 2.63. The minimum Gasteiger partial charge on any atom is -0.326 e. The smallest absolute Gasteiger partial charge is 0.228 e. The summed E-state index contributed by atoms with van der Waals surface area (Å²) in [4.78, 5) is 23.8. The number of anilines is 1. The van der Waals surface area contributed by atoms with Gasteiger partial charge in [0.1, 0.15) is 0 Å². The normalized spacial score (nSPS) is 13.0. The predicted molar refractivity (Wildman–Crippen MR) is 78.4 cm³/mol. The Bertz CT molecular complexity index is 737. The van der Waals surface area contributed by atoms with Crippen LogP contribution in [0.1, 0.15) is 27.0 Å². The zero-order valence-electron chi connectivity index (χ0n) is 10.9. The van der Waals surface area contributed by atoms with Crippen LogP contribution in [-0.4, -0.2) is 11.7 Å². The molecule has 0 unspecified atom stereocenters. The minimum atomic E-state index is -0.0543. The summed E-state index contributed by atoms with van der Waals surface area (Å²) < 4.78 is 0. The molecule has 3 rings (SSSR count). The Morgan fingerprint density at radius 3 is 2.75 bits per heavy atom. The second-order valence-corrected chi connectivity index (χ2v) is 5.32. The van der Waals surface area contributed by atoms with Crippen molar-refractivity contribution in [2.45, 2.75) is 13.3 Å². The topological polar surface area (TPSA) is 46.2 Å². The molecule has 0 saturated heterocycles. The van der Waals surface area contributed by atoms with E-state index in [4.69, 9.17) is 11.6 Å². The first-order chi connectivity index (χ1) is 9.54. The molecule has 0 spiro atoms. The summed E-state index contributed by atoms with van der Waals surface area (Å²) in [6.45, 7) is 1.86. The molecule has 20 heavy (non-hydrogen) atoms. The summed E-state index contributed by atoms with van der Waals surface area (Å²) in [5.74, 6) is -0.0893. The van der Waals surface area contributed by atoms with Crippen molar-refractivity contribution < 1.29 is 9.59 Å². The maximum Gasteiger partial charge on any atom is 0.228 e. The molecule has 2 aromatic rings. The summed E-state index contributed by atoms with van der Waals surface area (Å²) in [7, 11) is 0. The van der Waals surface area contributed by atoms with Crippen molar-refractivity contribution in [2.75, 3.05) is 5.32 Å². The monoisotopic (exact) mass is 285 g/mol. The minimum absolute atomic E-state index is 0.0349. The standard InChI is InChI=1S/C16H12ClNO2/c1-9-6-12(17)3-4-13(9)16(20)10-2-5-14-11(7-10)8-15(19)18-14/h2-7H,8H2,1H3,(H,18,19). The van der Waals surface area contributed by atoms with Gasteiger partial charge in [-0.2, -0.15) is 0 Å². The average molecular weight is 286 g/mol. The number of ketones is 1. The number of fused-ring (bicyclic) bond motifs is 1. The fraction of sp³-hybridized carbons (Fsp3) is 0.125. The van der Waals surface area contributed by atoms with Crippen molar-refractivity contribution in [3.8, 4) is 0 Å². The van der Waals surface area contributed by atoms with Crippen molar-refractivity contribution in [3.63, 3.8) is 0 Å². The summed E-state index contributed by atoms with van der Waals surface area (Å²) in [6.07, 6.45) is 0.329. The predicted octanol–water partition coefficient (Wildman–Crippen LogP) is 3.37. The number of hydrogen-bond acceptors (Lipinski definition) is 2. The van der Waals surface area contributed by atoms with Crippen LogP contribution in [0.3, 0.4) is 0 Å². The maximum absolute atomic E-state index is 12.5. The second-order valence-electron chi connectivity index (χ2n) is 4.89. The molecule has 1 aliphatic heterocycles. The number of hydrogen-bond donors (Lipinski definition) is 1. The quantitative estimate of drug-likeness (QED) is 0.860. The van der Waals surface area contributed by atoms with Gasteiger partial charge in [-0.15, -0.1) is 0 Å². The molecule has 0 atom stereocenters. The first kappa shape index (κ1) is 12.9. The van der Waals surface area contributed by atoms with Crippen LogP contribution in [0.25, 0.3) is 0 Å². The van der Waals surface area contributed by atoms with Crippen LogP contribution in [0.15, 0.2) is 36.4 Å². The van der Waals surface area contributed by atoms with E-state index in [1.807, 2.05) is 6.92 Å². The van der Waals surface area contributed by atoms with Crippen molar-refractivity contribution >= 4 is 29.0 Å². The molecular formula is C16H12ClNO2. The number of nitrogens with one attached hydrogen (secondary N) is 1. The molecule has 0 aromatic heterocycles. The third-order valence-corrected chi connectivity index (χ3v) is 3.66. The molecule has 0 fully saturated rings. The Labute approximate surface area is 121 Å². The number of aryl methyl sites for hydroxylation is 1. The van der Waals surface area contributed by atoms with Crippen LogP contribution >= 0.6 is 11.6 Å². The average Bonchev–Trinajstić information content (AvgIpc) is 2.77. The van der Waals surface area contributed by atoms with E-state index < -0.39 is 0 Å². The second kappa shape index (κ2) is 4.76. The van der Waals surface area contributed by atoms with Crippen molar-refractivity contribution in [1.82, 2.24) is 0 Å². The summed E-state index contributed by atoms with van der Waals surface area (Å²) in [5.41, 5.74) is 3.72. The van der Waals surface area contributed by atoms with Gasteiger partial charge in [0, 0.05) is 21.8 Å². The van der Waals surface area contributed by atoms with E-state index in [0.717, 1.165) is 16.8 Å². The summed E-state index contributed by atoms with van der Waals surface area (Å²) in [5, 5.41) is 3.37. The van der Waals surface area contributed by atoms with Crippen molar-refractivity contribution in [3.05, 3.63) is 63.7 Å². The molecule has 0 bridgehead atoms. The van der Waals surface area contributed by atoms with Crippen LogP contribution < -0.4 is 5.32 Å². The van der Waals surface area contributed by atoms with Gasteiger partial charge in [0.25, 0.3) is 0 Å². The molecular weight excluding hydrogens is 274 g/mol. The van der Waals surface area contributed by atoms with Crippen molar-refractivity contribution in [1.29, 1.82) is 0 Å². The first-order valence-corrected chi connectivity index (χ1v) is 6.66. The molecule has 0 aliphatic carbocycles. The Morgan fingerprint density at radius 1 is 1.20 bits per heavy atom. The van der Waals surface area contributed by atoms with Crippen LogP contribution in [0.5, 0.6) is 0 Å². The largest absolute Gasteiger partial charge is 0.326 e. The van der Waals surface area contributed by atoms with Gasteiger partial charge in [-0.05, 0) is 54.4 Å². The maximum atomic E-state index is 12.5. The molecule has 0 saturated carbocycles. The Morgan fingerprint density at radius 2 is 2.00 bits per heavy atom. The number of carbonyl (C=O) groups is 2.